The molecule has 1 heterocycles. The molecule has 1 saturated heterocycles. The summed E-state index contributed by atoms with van der Waals surface area (Å²) in [4.78, 5) is 47.5. The van der Waals surface area contributed by atoms with E-state index in [9.17, 15) is 24.3 Å². The zero-order valence-electron chi connectivity index (χ0n) is 20.8. The number of benzene rings is 2. The number of rotatable bonds is 8. The molecule has 0 radical (unpaired) electrons. The molecule has 2 aromatic rings. The van der Waals surface area contributed by atoms with Crippen molar-refractivity contribution in [2.45, 2.75) is 58.3 Å². The molecule has 1 fully saturated rings. The summed E-state index contributed by atoms with van der Waals surface area (Å²) in [6.07, 6.45) is -4.82. The molecule has 11 nitrogen and oxygen atoms in total. The minimum Gasteiger partial charge on any atom is -0.508 e. The first-order valence-corrected chi connectivity index (χ1v) is 11.5. The van der Waals surface area contributed by atoms with Gasteiger partial charge in [-0.25, -0.2) is 0 Å². The van der Waals surface area contributed by atoms with Gasteiger partial charge in [-0.05, 0) is 23.8 Å². The highest BCUT2D eigenvalue weighted by molar-refractivity contribution is 5.74. The van der Waals surface area contributed by atoms with Gasteiger partial charge in [0.05, 0.1) is 0 Å². The van der Waals surface area contributed by atoms with Gasteiger partial charge in [0.1, 0.15) is 30.3 Å². The van der Waals surface area contributed by atoms with Crippen LogP contribution in [0.1, 0.15) is 27.7 Å². The SMILES string of the molecule is CC(=O)N[C@H]1[C@H](Oc2ccccc2-c2cccc(O)c2)O[C@H](COC(C)=O)[C@H](OC(C)=O)[C@@H]1OC(C)=O. The number of carbonyl (C=O) groups is 4. The van der Waals surface area contributed by atoms with Crippen LogP contribution in [0.3, 0.4) is 0 Å². The van der Waals surface area contributed by atoms with Gasteiger partial charge < -0.3 is 34.1 Å². The summed E-state index contributed by atoms with van der Waals surface area (Å²) in [5.74, 6) is -2.12. The average Bonchev–Trinajstić information content (AvgIpc) is 2.81. The second-order valence-corrected chi connectivity index (χ2v) is 8.38. The van der Waals surface area contributed by atoms with Crippen molar-refractivity contribution in [2.24, 2.45) is 0 Å². The molecular weight excluding hydrogens is 486 g/mol. The third-order valence-electron chi connectivity index (χ3n) is 5.36. The average molecular weight is 516 g/mol. The Balaban J connectivity index is 2.05. The van der Waals surface area contributed by atoms with Crippen LogP contribution in [-0.2, 0) is 38.1 Å². The highest BCUT2D eigenvalue weighted by Crippen LogP contribution is 2.35. The van der Waals surface area contributed by atoms with E-state index in [1.165, 1.54) is 26.8 Å². The molecule has 2 N–H and O–H groups in total. The molecule has 0 bridgehead atoms. The Kier molecular flexibility index (Phi) is 9.07. The van der Waals surface area contributed by atoms with Crippen LogP contribution >= 0.6 is 0 Å². The first kappa shape index (κ1) is 27.5. The molecule has 1 aliphatic heterocycles. The Bertz CT molecular complexity index is 1150. The summed E-state index contributed by atoms with van der Waals surface area (Å²) < 4.78 is 28.3. The van der Waals surface area contributed by atoms with E-state index in [-0.39, 0.29) is 12.4 Å². The maximum Gasteiger partial charge on any atom is 0.303 e. The van der Waals surface area contributed by atoms with E-state index in [0.29, 0.717) is 16.9 Å². The van der Waals surface area contributed by atoms with Gasteiger partial charge in [-0.2, -0.15) is 0 Å². The van der Waals surface area contributed by atoms with Gasteiger partial charge in [0.15, 0.2) is 12.2 Å². The quantitative estimate of drug-likeness (QED) is 0.396. The third-order valence-corrected chi connectivity index (χ3v) is 5.36. The van der Waals surface area contributed by atoms with Crippen LogP contribution in [0, 0.1) is 0 Å². The Morgan fingerprint density at radius 2 is 1.57 bits per heavy atom. The topological polar surface area (TPSA) is 147 Å². The van der Waals surface area contributed by atoms with E-state index in [4.69, 9.17) is 23.7 Å². The molecule has 5 atom stereocenters. The van der Waals surface area contributed by atoms with Crippen molar-refractivity contribution < 1.29 is 48.0 Å². The number of phenolic OH excluding ortho intramolecular Hbond substituents is 1. The molecule has 198 valence electrons. The fraction of sp³-hybridized carbons (Fsp3) is 0.385. The van der Waals surface area contributed by atoms with Crippen LogP contribution in [0.5, 0.6) is 11.5 Å². The molecule has 37 heavy (non-hydrogen) atoms. The van der Waals surface area contributed by atoms with E-state index in [1.807, 2.05) is 0 Å². The number of esters is 3. The number of phenols is 1. The Labute approximate surface area is 213 Å². The van der Waals surface area contributed by atoms with Gasteiger partial charge in [-0.3, -0.25) is 19.2 Å². The molecule has 0 saturated carbocycles. The lowest BCUT2D eigenvalue weighted by Crippen LogP contribution is -2.67. The summed E-state index contributed by atoms with van der Waals surface area (Å²) in [6.45, 7) is 4.45. The van der Waals surface area contributed by atoms with E-state index < -0.39 is 54.5 Å². The van der Waals surface area contributed by atoms with Gasteiger partial charge in [-0.15, -0.1) is 0 Å². The Morgan fingerprint density at radius 3 is 2.19 bits per heavy atom. The highest BCUT2D eigenvalue weighted by Gasteiger charge is 2.52. The minimum absolute atomic E-state index is 0.0536. The molecule has 0 aliphatic carbocycles. The highest BCUT2D eigenvalue weighted by atomic mass is 16.7. The van der Waals surface area contributed by atoms with Crippen molar-refractivity contribution in [1.82, 2.24) is 5.32 Å². The monoisotopic (exact) mass is 515 g/mol. The first-order chi connectivity index (χ1) is 17.5. The van der Waals surface area contributed by atoms with Gasteiger partial charge in [-0.1, -0.05) is 30.3 Å². The first-order valence-electron chi connectivity index (χ1n) is 11.5. The van der Waals surface area contributed by atoms with Crippen molar-refractivity contribution in [3.63, 3.8) is 0 Å². The predicted molar refractivity (Wildman–Crippen MR) is 128 cm³/mol. The summed E-state index contributed by atoms with van der Waals surface area (Å²) in [5.41, 5.74) is 1.25. The molecular formula is C26H29NO10. The summed E-state index contributed by atoms with van der Waals surface area (Å²) in [6, 6.07) is 12.3. The molecule has 3 rings (SSSR count). The van der Waals surface area contributed by atoms with Crippen LogP contribution < -0.4 is 10.1 Å². The largest absolute Gasteiger partial charge is 0.508 e. The van der Waals surface area contributed by atoms with Crippen LogP contribution in [0.4, 0.5) is 0 Å². The van der Waals surface area contributed by atoms with E-state index in [2.05, 4.69) is 5.32 Å². The lowest BCUT2D eigenvalue weighted by Gasteiger charge is -2.44. The van der Waals surface area contributed by atoms with Gasteiger partial charge in [0, 0.05) is 33.3 Å². The van der Waals surface area contributed by atoms with Gasteiger partial charge in [0.2, 0.25) is 12.2 Å². The van der Waals surface area contributed by atoms with Crippen molar-refractivity contribution in [3.8, 4) is 22.6 Å². The maximum atomic E-state index is 12.1. The zero-order valence-corrected chi connectivity index (χ0v) is 20.8. The van der Waals surface area contributed by atoms with Crippen molar-refractivity contribution >= 4 is 23.8 Å². The second kappa shape index (κ2) is 12.2. The molecule has 1 amide bonds. The van der Waals surface area contributed by atoms with Crippen LogP contribution in [0.15, 0.2) is 48.5 Å². The molecule has 0 aromatic heterocycles. The normalized spacial score (nSPS) is 22.9. The summed E-state index contributed by atoms with van der Waals surface area (Å²) in [7, 11) is 0. The van der Waals surface area contributed by atoms with Crippen molar-refractivity contribution in [1.29, 1.82) is 0 Å². The van der Waals surface area contributed by atoms with E-state index in [1.54, 1.807) is 42.5 Å². The van der Waals surface area contributed by atoms with Gasteiger partial charge in [0.25, 0.3) is 0 Å². The third kappa shape index (κ3) is 7.43. The van der Waals surface area contributed by atoms with Crippen LogP contribution in [0.2, 0.25) is 0 Å². The number of para-hydroxylation sites is 1. The van der Waals surface area contributed by atoms with Crippen LogP contribution in [0.25, 0.3) is 11.1 Å². The lowest BCUT2D eigenvalue weighted by atomic mass is 9.95. The number of carbonyl (C=O) groups excluding carboxylic acids is 4. The van der Waals surface area contributed by atoms with Crippen molar-refractivity contribution in [3.05, 3.63) is 48.5 Å². The van der Waals surface area contributed by atoms with Crippen LogP contribution in [-0.4, -0.2) is 66.2 Å². The number of amides is 1. The number of nitrogens with one attached hydrogen (secondary N) is 1. The maximum absolute atomic E-state index is 12.1. The Morgan fingerprint density at radius 1 is 0.892 bits per heavy atom. The molecule has 11 heteroatoms. The lowest BCUT2D eigenvalue weighted by molar-refractivity contribution is -0.257. The molecule has 0 spiro atoms. The molecule has 2 aromatic carbocycles. The number of hydrogen-bond donors (Lipinski definition) is 2. The smallest absolute Gasteiger partial charge is 0.303 e. The second-order valence-electron chi connectivity index (χ2n) is 8.38. The van der Waals surface area contributed by atoms with E-state index in [0.717, 1.165) is 6.92 Å². The fourth-order valence-electron chi connectivity index (χ4n) is 4.00. The number of ether oxygens (including phenoxy) is 5. The van der Waals surface area contributed by atoms with Gasteiger partial charge >= 0.3 is 17.9 Å². The van der Waals surface area contributed by atoms with E-state index >= 15 is 0 Å². The molecule has 1 aliphatic rings. The fourth-order valence-corrected chi connectivity index (χ4v) is 4.00. The summed E-state index contributed by atoms with van der Waals surface area (Å²) >= 11 is 0. The number of hydrogen-bond acceptors (Lipinski definition) is 10. The standard InChI is InChI=1S/C26H29NO10/c1-14(28)27-23-25(35-17(4)31)24(34-16(3)30)22(13-33-15(2)29)37-26(23)36-21-11-6-5-10-20(21)18-8-7-9-19(32)12-18/h5-12,22-26,32H,13H2,1-4H3,(H,27,28)/t22-,23-,24+,25-,26-/m1/s1. The number of aromatic hydroxyl groups is 1. The minimum atomic E-state index is -1.26. The Hall–Kier alpha value is -4.12. The molecule has 0 unspecified atom stereocenters. The predicted octanol–water partition coefficient (Wildman–Crippen LogP) is 2.09. The van der Waals surface area contributed by atoms with Crippen molar-refractivity contribution in [2.75, 3.05) is 6.61 Å². The zero-order chi connectivity index (χ0) is 27.1. The summed E-state index contributed by atoms with van der Waals surface area (Å²) in [5, 5.41) is 12.6.